The molecule has 1 unspecified atom stereocenters. The monoisotopic (exact) mass is 295 g/mol. The molecule has 0 saturated carbocycles. The zero-order chi connectivity index (χ0) is 14.5. The number of nitrogens with zero attached hydrogens (tertiary/aromatic N) is 1. The van der Waals surface area contributed by atoms with Gasteiger partial charge in [0.15, 0.2) is 0 Å². The summed E-state index contributed by atoms with van der Waals surface area (Å²) in [6.07, 6.45) is 1.10. The van der Waals surface area contributed by atoms with Crippen molar-refractivity contribution >= 4 is 23.2 Å². The second-order valence-electron chi connectivity index (χ2n) is 5.08. The van der Waals surface area contributed by atoms with Gasteiger partial charge < -0.3 is 15.5 Å². The lowest BCUT2D eigenvalue weighted by molar-refractivity contribution is -0.122. The number of hydrogen-bond donors (Lipinski definition) is 2. The van der Waals surface area contributed by atoms with Crippen LogP contribution in [0.15, 0.2) is 18.2 Å². The summed E-state index contributed by atoms with van der Waals surface area (Å²) in [5, 5.41) is 6.99. The fourth-order valence-electron chi connectivity index (χ4n) is 2.51. The molecule has 1 atom stereocenters. The molecule has 2 rings (SSSR count). The Kier molecular flexibility index (Phi) is 5.26. The SMILES string of the molecule is CCCNCc1cccc(Cl)c1N1CCNC(=O)C1C. The predicted molar refractivity (Wildman–Crippen MR) is 83.3 cm³/mol. The number of anilines is 1. The average molecular weight is 296 g/mol. The van der Waals surface area contributed by atoms with E-state index >= 15 is 0 Å². The van der Waals surface area contributed by atoms with Gasteiger partial charge in [0.25, 0.3) is 0 Å². The van der Waals surface area contributed by atoms with E-state index in [9.17, 15) is 4.79 Å². The summed E-state index contributed by atoms with van der Waals surface area (Å²) < 4.78 is 0. The second-order valence-corrected chi connectivity index (χ2v) is 5.49. The molecule has 2 N–H and O–H groups in total. The van der Waals surface area contributed by atoms with Crippen LogP contribution in [-0.4, -0.2) is 31.6 Å². The molecule has 0 aromatic heterocycles. The third kappa shape index (κ3) is 3.25. The van der Waals surface area contributed by atoms with Crippen LogP contribution in [0.3, 0.4) is 0 Å². The third-order valence-electron chi connectivity index (χ3n) is 3.60. The van der Waals surface area contributed by atoms with Gasteiger partial charge in [-0.3, -0.25) is 4.79 Å². The number of hydrogen-bond acceptors (Lipinski definition) is 3. The highest BCUT2D eigenvalue weighted by Gasteiger charge is 2.28. The van der Waals surface area contributed by atoms with Gasteiger partial charge in [-0.05, 0) is 31.5 Å². The molecule has 110 valence electrons. The van der Waals surface area contributed by atoms with Crippen LogP contribution in [0.2, 0.25) is 5.02 Å². The van der Waals surface area contributed by atoms with E-state index in [4.69, 9.17) is 11.6 Å². The molecular weight excluding hydrogens is 274 g/mol. The largest absolute Gasteiger partial charge is 0.357 e. The highest BCUT2D eigenvalue weighted by atomic mass is 35.5. The molecule has 1 amide bonds. The van der Waals surface area contributed by atoms with Gasteiger partial charge in [0.05, 0.1) is 10.7 Å². The number of halogens is 1. The Morgan fingerprint density at radius 3 is 3.05 bits per heavy atom. The topological polar surface area (TPSA) is 44.4 Å². The second kappa shape index (κ2) is 6.95. The Hall–Kier alpha value is -1.26. The first-order valence-corrected chi connectivity index (χ1v) is 7.55. The standard InChI is InChI=1S/C15H22ClN3O/c1-3-7-17-10-12-5-4-6-13(16)14(12)19-9-8-18-15(20)11(19)2/h4-6,11,17H,3,7-10H2,1-2H3,(H,18,20). The van der Waals surface area contributed by atoms with Gasteiger partial charge >= 0.3 is 0 Å². The first kappa shape index (κ1) is 15.1. The molecule has 0 spiro atoms. The number of piperazine rings is 1. The maximum atomic E-state index is 11.8. The van der Waals surface area contributed by atoms with Gasteiger partial charge in [-0.1, -0.05) is 30.7 Å². The van der Waals surface area contributed by atoms with Gasteiger partial charge in [0.2, 0.25) is 5.91 Å². The Labute approximate surface area is 125 Å². The molecule has 5 heteroatoms. The molecule has 0 bridgehead atoms. The van der Waals surface area contributed by atoms with Gasteiger partial charge in [0.1, 0.15) is 6.04 Å². The van der Waals surface area contributed by atoms with Crippen LogP contribution < -0.4 is 15.5 Å². The van der Waals surface area contributed by atoms with Crippen LogP contribution >= 0.6 is 11.6 Å². The molecular formula is C15H22ClN3O. The van der Waals surface area contributed by atoms with Crippen molar-refractivity contribution in [1.82, 2.24) is 10.6 Å². The summed E-state index contributed by atoms with van der Waals surface area (Å²) in [6, 6.07) is 5.74. The van der Waals surface area contributed by atoms with E-state index < -0.39 is 0 Å². The number of para-hydroxylation sites is 1. The summed E-state index contributed by atoms with van der Waals surface area (Å²) in [5.74, 6) is 0.0589. The summed E-state index contributed by atoms with van der Waals surface area (Å²) in [6.45, 7) is 7.26. The van der Waals surface area contributed by atoms with E-state index in [0.717, 1.165) is 37.3 Å². The summed E-state index contributed by atoms with van der Waals surface area (Å²) in [5.41, 5.74) is 2.13. The lowest BCUT2D eigenvalue weighted by Crippen LogP contribution is -2.54. The van der Waals surface area contributed by atoms with E-state index in [0.29, 0.717) is 11.6 Å². The van der Waals surface area contributed by atoms with Gasteiger partial charge in [-0.15, -0.1) is 0 Å². The minimum Gasteiger partial charge on any atom is -0.357 e. The first-order valence-electron chi connectivity index (χ1n) is 7.17. The normalized spacial score (nSPS) is 19.1. The number of carbonyl (C=O) groups excluding carboxylic acids is 1. The van der Waals surface area contributed by atoms with Crippen molar-refractivity contribution in [2.45, 2.75) is 32.9 Å². The van der Waals surface area contributed by atoms with Crippen molar-refractivity contribution in [2.24, 2.45) is 0 Å². The summed E-state index contributed by atoms with van der Waals surface area (Å²) >= 11 is 6.39. The molecule has 1 aromatic rings. The lowest BCUT2D eigenvalue weighted by atomic mass is 10.1. The van der Waals surface area contributed by atoms with E-state index in [1.165, 1.54) is 0 Å². The van der Waals surface area contributed by atoms with Crippen molar-refractivity contribution in [3.8, 4) is 0 Å². The molecule has 4 nitrogen and oxygen atoms in total. The Morgan fingerprint density at radius 2 is 2.30 bits per heavy atom. The first-order chi connectivity index (χ1) is 9.65. The quantitative estimate of drug-likeness (QED) is 0.818. The van der Waals surface area contributed by atoms with E-state index in [1.807, 2.05) is 19.1 Å². The molecule has 1 fully saturated rings. The number of rotatable bonds is 5. The third-order valence-corrected chi connectivity index (χ3v) is 3.90. The summed E-state index contributed by atoms with van der Waals surface area (Å²) in [7, 11) is 0. The predicted octanol–water partition coefficient (Wildman–Crippen LogP) is 2.16. The highest BCUT2D eigenvalue weighted by molar-refractivity contribution is 6.33. The van der Waals surface area contributed by atoms with Crippen LogP contribution in [0.25, 0.3) is 0 Å². The lowest BCUT2D eigenvalue weighted by Gasteiger charge is -2.36. The van der Waals surface area contributed by atoms with Crippen molar-refractivity contribution in [3.63, 3.8) is 0 Å². The molecule has 1 saturated heterocycles. The van der Waals surface area contributed by atoms with Crippen molar-refractivity contribution in [1.29, 1.82) is 0 Å². The van der Waals surface area contributed by atoms with E-state index in [2.05, 4.69) is 28.5 Å². The van der Waals surface area contributed by atoms with E-state index in [-0.39, 0.29) is 11.9 Å². The zero-order valence-corrected chi connectivity index (χ0v) is 12.8. The molecule has 0 radical (unpaired) electrons. The van der Waals surface area contributed by atoms with Crippen LogP contribution in [0.1, 0.15) is 25.8 Å². The Balaban J connectivity index is 2.26. The molecule has 1 aromatic carbocycles. The van der Waals surface area contributed by atoms with Crippen molar-refractivity contribution in [3.05, 3.63) is 28.8 Å². The minimum absolute atomic E-state index is 0.0589. The molecule has 1 heterocycles. The molecule has 1 aliphatic heterocycles. The minimum atomic E-state index is -0.187. The molecule has 1 aliphatic rings. The number of carbonyl (C=O) groups is 1. The van der Waals surface area contributed by atoms with Crippen LogP contribution in [0, 0.1) is 0 Å². The van der Waals surface area contributed by atoms with Gasteiger partial charge in [-0.25, -0.2) is 0 Å². The number of amides is 1. The van der Waals surface area contributed by atoms with E-state index in [1.54, 1.807) is 0 Å². The molecule has 0 aliphatic carbocycles. The van der Waals surface area contributed by atoms with Gasteiger partial charge in [0, 0.05) is 19.6 Å². The number of benzene rings is 1. The zero-order valence-electron chi connectivity index (χ0n) is 12.1. The van der Waals surface area contributed by atoms with Crippen LogP contribution in [-0.2, 0) is 11.3 Å². The Bertz CT molecular complexity index is 478. The van der Waals surface area contributed by atoms with Crippen LogP contribution in [0.5, 0.6) is 0 Å². The average Bonchev–Trinajstić information content (AvgIpc) is 2.43. The smallest absolute Gasteiger partial charge is 0.242 e. The van der Waals surface area contributed by atoms with Crippen LogP contribution in [0.4, 0.5) is 5.69 Å². The summed E-state index contributed by atoms with van der Waals surface area (Å²) in [4.78, 5) is 14.0. The number of nitrogens with one attached hydrogen (secondary N) is 2. The Morgan fingerprint density at radius 1 is 1.50 bits per heavy atom. The molecule has 20 heavy (non-hydrogen) atoms. The van der Waals surface area contributed by atoms with Crippen molar-refractivity contribution < 1.29 is 4.79 Å². The highest BCUT2D eigenvalue weighted by Crippen LogP contribution is 2.32. The maximum absolute atomic E-state index is 11.8. The maximum Gasteiger partial charge on any atom is 0.242 e. The van der Waals surface area contributed by atoms with Crippen molar-refractivity contribution in [2.75, 3.05) is 24.5 Å². The van der Waals surface area contributed by atoms with Gasteiger partial charge in [-0.2, -0.15) is 0 Å². The fraction of sp³-hybridized carbons (Fsp3) is 0.533. The fourth-order valence-corrected chi connectivity index (χ4v) is 2.81.